The molecule has 101 heavy (non-hydrogen) atoms. The normalized spacial score (nSPS) is 18.3. The fourth-order valence-electron chi connectivity index (χ4n) is 12.4. The number of sulfone groups is 3. The number of imidazole rings is 1. The molecule has 1 aromatic heterocycles. The molecule has 6 aromatic carbocycles. The Morgan fingerprint density at radius 3 is 1.28 bits per heavy atom. The van der Waals surface area contributed by atoms with Crippen LogP contribution in [0.25, 0.3) is 11.0 Å². The number of ketones is 1. The lowest BCUT2D eigenvalue weighted by atomic mass is 10.00. The zero-order valence-electron chi connectivity index (χ0n) is 54.5. The zero-order chi connectivity index (χ0) is 72.7. The third kappa shape index (κ3) is 19.5. The van der Waals surface area contributed by atoms with E-state index in [4.69, 9.17) is 81.1 Å². The molecule has 6 fully saturated rings. The number of hydrogen-bond acceptors (Lipinski definition) is 14. The van der Waals surface area contributed by atoms with E-state index in [0.717, 1.165) is 44.1 Å². The van der Waals surface area contributed by atoms with Gasteiger partial charge in [0.15, 0.2) is 29.5 Å². The monoisotopic (exact) mass is 1570 g/mol. The van der Waals surface area contributed by atoms with Crippen molar-refractivity contribution in [3.63, 3.8) is 0 Å². The number of nitrogen functional groups attached to an aromatic ring is 2. The summed E-state index contributed by atoms with van der Waals surface area (Å²) in [5, 5.41) is 4.13. The molecule has 0 radical (unpaired) electrons. The number of aromatic nitrogens is 2. The number of amides is 1. The number of rotatable bonds is 21. The van der Waals surface area contributed by atoms with Gasteiger partial charge in [0.1, 0.15) is 17.1 Å². The fraction of sp³-hybridized carbons (Fsp3) is 0.443. The third-order valence-electron chi connectivity index (χ3n) is 18.8. The van der Waals surface area contributed by atoms with Crippen molar-refractivity contribution >= 4 is 156 Å². The van der Waals surface area contributed by atoms with Crippen LogP contribution in [-0.4, -0.2) is 121 Å². The lowest BCUT2D eigenvalue weighted by Gasteiger charge is -2.35. The number of nitrogens with one attached hydrogen (secondary N) is 2. The summed E-state index contributed by atoms with van der Waals surface area (Å²) in [7, 11) is -9.88. The molecular formula is C70H74Cl6F6N8O8S3. The molecule has 31 heteroatoms. The average Bonchev–Trinajstić information content (AvgIpc) is 1.64. The van der Waals surface area contributed by atoms with Crippen LogP contribution in [0.5, 0.6) is 0 Å². The summed E-state index contributed by atoms with van der Waals surface area (Å²) in [4.78, 5) is 39.2. The highest BCUT2D eigenvalue weighted by Gasteiger charge is 2.39. The minimum atomic E-state index is -3.33. The molecule has 4 heterocycles. The van der Waals surface area contributed by atoms with E-state index in [9.17, 15) is 61.2 Å². The maximum Gasteiger partial charge on any atom is 0.251 e. The van der Waals surface area contributed by atoms with E-state index in [-0.39, 0.29) is 179 Å². The number of nitrogens with two attached hydrogens (primary N) is 2. The topological polar surface area (TPSA) is 239 Å². The predicted molar refractivity (Wildman–Crippen MR) is 388 cm³/mol. The molecule has 6 aliphatic rings. The van der Waals surface area contributed by atoms with Crippen molar-refractivity contribution in [1.29, 1.82) is 0 Å². The molecule has 16 nitrogen and oxygen atoms in total. The molecule has 13 rings (SSSR count). The van der Waals surface area contributed by atoms with Gasteiger partial charge in [-0.1, -0.05) is 106 Å². The number of halogens is 12. The molecule has 3 aliphatic heterocycles. The van der Waals surface area contributed by atoms with E-state index in [2.05, 4.69) is 15.3 Å². The number of benzene rings is 6. The van der Waals surface area contributed by atoms with Crippen LogP contribution in [0.1, 0.15) is 105 Å². The van der Waals surface area contributed by atoms with Crippen LogP contribution in [0.3, 0.4) is 0 Å². The van der Waals surface area contributed by atoms with Gasteiger partial charge in [0.25, 0.3) is 17.8 Å². The summed E-state index contributed by atoms with van der Waals surface area (Å²) < 4.78 is 156. The van der Waals surface area contributed by atoms with Gasteiger partial charge in [-0.05, 0) is 133 Å². The SMILES string of the molecule is Nc1c(CC(=O)Cc2ccc(S(=O)(=O)CC3CC3)cc2)cc(Cl)c(N2CCC(F)(F)CC2)c1Cl.Nc1cc(Cl)c(N2CCC(F)(F)CC2)c(Cl)c1NC(=O)Cc1ccc(S(=O)(=O)CC2CC2)cc1.O=S(=O)(CC1CC1)c1ccc(Cc2nc3c(Cl)c(N4CCC(F)(F)CC4)c(Cl)cc3[nH]2)cc1. The summed E-state index contributed by atoms with van der Waals surface area (Å²) in [6.45, 7) is 0.697. The Labute approximate surface area is 612 Å². The van der Waals surface area contributed by atoms with Crippen molar-refractivity contribution in [2.75, 3.05) is 88.0 Å². The first-order chi connectivity index (χ1) is 47.5. The van der Waals surface area contributed by atoms with E-state index in [1.54, 1.807) is 87.5 Å². The first-order valence-electron chi connectivity index (χ1n) is 33.1. The molecule has 6 N–H and O–H groups in total. The number of alkyl halides is 6. The van der Waals surface area contributed by atoms with Crippen molar-refractivity contribution in [2.45, 2.75) is 135 Å². The highest BCUT2D eigenvalue weighted by molar-refractivity contribution is 7.92. The fourth-order valence-corrected chi connectivity index (χ4v) is 19.7. The van der Waals surface area contributed by atoms with E-state index < -0.39 is 53.2 Å². The summed E-state index contributed by atoms with van der Waals surface area (Å²) in [6.07, 6.45) is 4.58. The van der Waals surface area contributed by atoms with Gasteiger partial charge >= 0.3 is 0 Å². The molecule has 7 aromatic rings. The maximum absolute atomic E-state index is 13.6. The van der Waals surface area contributed by atoms with Crippen molar-refractivity contribution in [3.8, 4) is 0 Å². The van der Waals surface area contributed by atoms with Gasteiger partial charge in [0, 0.05) is 97.1 Å². The number of H-pyrrole nitrogens is 1. The standard InChI is InChI=1S/C24H26Cl2F2N2O3S.C23H25Cl2F2N3O3S.C23H23Cl2F2N3O2S/c25-20-13-17(22(29)21(26)23(20)30-9-7-24(27,28)8-10-30)12-18(31)11-15-3-5-19(6-4-15)34(32,33)14-16-1-2-16;24-17-12-18(28)21(20(25)22(17)30-9-7-23(26,27)8-10-30)29-19(31)11-14-3-5-16(6-4-14)34(32,33)13-15-1-2-15;24-17-12-18-21(20(25)22(17)30-9-7-23(26,27)8-10-30)29-19(28-18)11-14-3-5-16(6-4-14)33(31,32)13-15-1-2-15/h3-6,13,16H,1-2,7-12,14,29H2;3-6,12,15H,1-2,7-11,13,28H2,(H,29,31);3-6,12,15H,1-2,7-11,13H2,(H,28,29). The minimum Gasteiger partial charge on any atom is -0.397 e. The Balaban J connectivity index is 0.000000152. The maximum atomic E-state index is 13.6. The van der Waals surface area contributed by atoms with Gasteiger partial charge < -0.3 is 36.5 Å². The Morgan fingerprint density at radius 2 is 0.861 bits per heavy atom. The first-order valence-corrected chi connectivity index (χ1v) is 40.3. The lowest BCUT2D eigenvalue weighted by Crippen LogP contribution is -2.39. The Morgan fingerprint density at radius 1 is 0.495 bits per heavy atom. The number of hydrogen-bond donors (Lipinski definition) is 4. The Kier molecular flexibility index (Phi) is 23.1. The molecule has 3 saturated heterocycles. The Bertz CT molecular complexity index is 4600. The lowest BCUT2D eigenvalue weighted by molar-refractivity contribution is -0.118. The quantitative estimate of drug-likeness (QED) is 0.0387. The Hall–Kier alpha value is -5.90. The number of Topliss-reactive ketones (excluding diaryl/α,β-unsaturated/α-hetero) is 1. The number of nitrogens with zero attached hydrogens (tertiary/aromatic N) is 4. The minimum absolute atomic E-state index is 0.00858. The first kappa shape index (κ1) is 76.2. The summed E-state index contributed by atoms with van der Waals surface area (Å²) in [5.74, 6) is -6.66. The number of piperidine rings is 3. The predicted octanol–water partition coefficient (Wildman–Crippen LogP) is 16.4. The number of aromatic amines is 1. The van der Waals surface area contributed by atoms with Crippen molar-refractivity contribution < 1.29 is 61.2 Å². The largest absolute Gasteiger partial charge is 0.397 e. The number of anilines is 6. The molecule has 3 saturated carbocycles. The molecule has 1 amide bonds. The molecule has 0 unspecified atom stereocenters. The van der Waals surface area contributed by atoms with Crippen LogP contribution in [0.4, 0.5) is 60.5 Å². The summed E-state index contributed by atoms with van der Waals surface area (Å²) >= 11 is 38.8. The number of carbonyl (C=O) groups excluding carboxylic acids is 2. The second-order valence-corrected chi connectivity index (χ2v) is 35.6. The zero-order valence-corrected chi connectivity index (χ0v) is 61.5. The van der Waals surface area contributed by atoms with Gasteiger partial charge in [0.05, 0.1) is 108 Å². The third-order valence-corrected chi connectivity index (χ3v) is 26.4. The average molecular weight is 1580 g/mol. The van der Waals surface area contributed by atoms with Gasteiger partial charge in [-0.15, -0.1) is 0 Å². The van der Waals surface area contributed by atoms with Crippen LogP contribution in [-0.2, 0) is 64.8 Å². The molecule has 3 aliphatic carbocycles. The molecule has 0 spiro atoms. The highest BCUT2D eigenvalue weighted by Crippen LogP contribution is 2.47. The van der Waals surface area contributed by atoms with Crippen molar-refractivity contribution in [3.05, 3.63) is 149 Å². The van der Waals surface area contributed by atoms with Crippen molar-refractivity contribution in [2.24, 2.45) is 17.8 Å². The van der Waals surface area contributed by atoms with Crippen LogP contribution in [0.2, 0.25) is 30.1 Å². The van der Waals surface area contributed by atoms with E-state index in [1.807, 2.05) is 0 Å². The van der Waals surface area contributed by atoms with Crippen LogP contribution in [0, 0.1) is 17.8 Å². The van der Waals surface area contributed by atoms with Gasteiger partial charge in [0.2, 0.25) is 5.91 Å². The van der Waals surface area contributed by atoms with Gasteiger partial charge in [-0.25, -0.2) is 56.6 Å². The molecule has 0 bridgehead atoms. The second kappa shape index (κ2) is 30.7. The summed E-state index contributed by atoms with van der Waals surface area (Å²) in [5.41, 5.74) is 17.9. The molecule has 0 atom stereocenters. The van der Waals surface area contributed by atoms with Crippen molar-refractivity contribution in [1.82, 2.24) is 9.97 Å². The number of fused-ring (bicyclic) bond motifs is 1. The van der Waals surface area contributed by atoms with E-state index in [0.29, 0.717) is 77.9 Å². The number of carbonyl (C=O) groups is 2. The van der Waals surface area contributed by atoms with Gasteiger partial charge in [-0.3, -0.25) is 9.59 Å². The summed E-state index contributed by atoms with van der Waals surface area (Å²) in [6, 6.07) is 24.2. The van der Waals surface area contributed by atoms with Crippen LogP contribution < -0.4 is 31.5 Å². The smallest absolute Gasteiger partial charge is 0.251 e. The highest BCUT2D eigenvalue weighted by atomic mass is 35.5. The van der Waals surface area contributed by atoms with Crippen LogP contribution in [0.15, 0.2) is 106 Å². The molecule has 544 valence electrons. The second-order valence-electron chi connectivity index (χ2n) is 27.1. The van der Waals surface area contributed by atoms with Crippen LogP contribution >= 0.6 is 69.6 Å². The molecular weight excluding hydrogens is 1500 g/mol. The van der Waals surface area contributed by atoms with E-state index in [1.165, 1.54) is 18.2 Å². The van der Waals surface area contributed by atoms with Gasteiger partial charge in [-0.2, -0.15) is 0 Å². The van der Waals surface area contributed by atoms with E-state index >= 15 is 0 Å².